The quantitative estimate of drug-likeness (QED) is 0.669. The zero-order valence-electron chi connectivity index (χ0n) is 9.22. The molecule has 18 heavy (non-hydrogen) atoms. The van der Waals surface area contributed by atoms with E-state index < -0.39 is 11.2 Å². The van der Waals surface area contributed by atoms with Crippen LogP contribution >= 0.6 is 23.4 Å². The normalized spacial score (nSPS) is 10.5. The molecule has 0 fully saturated rings. The number of halogens is 1. The minimum Gasteiger partial charge on any atom is -0.502 e. The van der Waals surface area contributed by atoms with E-state index in [9.17, 15) is 4.79 Å². The number of rotatable bonds is 3. The van der Waals surface area contributed by atoms with Crippen molar-refractivity contribution >= 4 is 29.1 Å². The molecule has 0 bridgehead atoms. The Hall–Kier alpha value is -1.59. The molecule has 0 spiro atoms. The molecule has 0 amide bonds. The molecule has 0 saturated carbocycles. The number of hydrogen-bond acceptors (Lipinski definition) is 5. The third-order valence-electron chi connectivity index (χ3n) is 2.19. The van der Waals surface area contributed by atoms with Gasteiger partial charge >= 0.3 is 0 Å². The lowest BCUT2D eigenvalue weighted by molar-refractivity contribution is 0.419. The summed E-state index contributed by atoms with van der Waals surface area (Å²) in [7, 11) is 0. The summed E-state index contributed by atoms with van der Waals surface area (Å²) in [6, 6.07) is 6.44. The second kappa shape index (κ2) is 5.37. The van der Waals surface area contributed by atoms with Gasteiger partial charge in [0.25, 0.3) is 0 Å². The lowest BCUT2D eigenvalue weighted by atomic mass is 10.3. The first kappa shape index (κ1) is 12.9. The Balaban J connectivity index is 2.13. The molecule has 0 unspecified atom stereocenters. The summed E-state index contributed by atoms with van der Waals surface area (Å²) in [6.07, 6.45) is 1.03. The van der Waals surface area contributed by atoms with Crippen LogP contribution in [0.5, 0.6) is 5.75 Å². The van der Waals surface area contributed by atoms with Gasteiger partial charge in [0.2, 0.25) is 5.43 Å². The molecule has 0 aliphatic heterocycles. The predicted molar refractivity (Wildman–Crippen MR) is 72.1 cm³/mol. The molecule has 94 valence electrons. The fraction of sp³-hybridized carbons (Fsp3) is 0.0833. The van der Waals surface area contributed by atoms with Gasteiger partial charge in [-0.2, -0.15) is 0 Å². The molecule has 6 heteroatoms. The van der Waals surface area contributed by atoms with Crippen molar-refractivity contribution in [3.05, 3.63) is 51.5 Å². The minimum absolute atomic E-state index is 0.397. The average molecular weight is 284 g/mol. The largest absolute Gasteiger partial charge is 0.502 e. The van der Waals surface area contributed by atoms with Crippen LogP contribution < -0.4 is 11.2 Å². The van der Waals surface area contributed by atoms with Gasteiger partial charge in [-0.15, -0.1) is 11.8 Å². The predicted octanol–water partition coefficient (Wildman–Crippen LogP) is 2.87. The van der Waals surface area contributed by atoms with Gasteiger partial charge in [0.1, 0.15) is 12.0 Å². The second-order valence-corrected chi connectivity index (χ2v) is 5.00. The Labute approximate surface area is 112 Å². The zero-order chi connectivity index (χ0) is 13.1. The molecule has 3 N–H and O–H groups in total. The average Bonchev–Trinajstić information content (AvgIpc) is 2.34. The van der Waals surface area contributed by atoms with E-state index in [1.165, 1.54) is 17.8 Å². The number of aromatic hydroxyl groups is 1. The fourth-order valence-corrected chi connectivity index (χ4v) is 2.45. The number of benzene rings is 1. The van der Waals surface area contributed by atoms with Crippen LogP contribution in [-0.4, -0.2) is 5.11 Å². The summed E-state index contributed by atoms with van der Waals surface area (Å²) in [5.74, 6) is 0.491. The Bertz CT molecular complexity index is 627. The molecule has 2 aromatic rings. The molecule has 0 atom stereocenters. The number of thioether (sulfide) groups is 1. The molecule has 2 rings (SSSR count). The maximum atomic E-state index is 11.2. The monoisotopic (exact) mass is 283 g/mol. The Morgan fingerprint density at radius 2 is 2.17 bits per heavy atom. The minimum atomic E-state index is -0.462. The highest BCUT2D eigenvalue weighted by Gasteiger charge is 2.05. The molecular formula is C12H10ClNO3S. The first-order chi connectivity index (χ1) is 8.56. The van der Waals surface area contributed by atoms with Crippen molar-refractivity contribution in [2.45, 2.75) is 10.6 Å². The van der Waals surface area contributed by atoms with Gasteiger partial charge in [0.15, 0.2) is 5.75 Å². The highest BCUT2D eigenvalue weighted by atomic mass is 35.5. The van der Waals surface area contributed by atoms with Crippen LogP contribution in [0, 0.1) is 0 Å². The van der Waals surface area contributed by atoms with Crippen molar-refractivity contribution in [2.75, 3.05) is 5.73 Å². The standard InChI is InChI=1S/C12H10ClNO3S/c13-9-2-1-7(14)3-12(9)18-6-8-4-10(15)11(16)5-17-8/h1-5,16H,6,14H2. The lowest BCUT2D eigenvalue weighted by Gasteiger charge is -2.04. The molecule has 0 aliphatic rings. The lowest BCUT2D eigenvalue weighted by Crippen LogP contribution is -1.99. The van der Waals surface area contributed by atoms with Crippen LogP contribution in [0.25, 0.3) is 0 Å². The van der Waals surface area contributed by atoms with E-state index in [-0.39, 0.29) is 0 Å². The summed E-state index contributed by atoms with van der Waals surface area (Å²) in [5, 5.41) is 9.65. The van der Waals surface area contributed by atoms with Crippen molar-refractivity contribution in [3.8, 4) is 5.75 Å². The Morgan fingerprint density at radius 3 is 2.89 bits per heavy atom. The third-order valence-corrected chi connectivity index (χ3v) is 3.71. The van der Waals surface area contributed by atoms with E-state index in [0.29, 0.717) is 22.2 Å². The van der Waals surface area contributed by atoms with E-state index in [0.717, 1.165) is 11.2 Å². The van der Waals surface area contributed by atoms with E-state index >= 15 is 0 Å². The topological polar surface area (TPSA) is 76.5 Å². The Morgan fingerprint density at radius 1 is 1.39 bits per heavy atom. The second-order valence-electron chi connectivity index (χ2n) is 3.57. The van der Waals surface area contributed by atoms with Crippen LogP contribution in [0.15, 0.2) is 44.6 Å². The van der Waals surface area contributed by atoms with Gasteiger partial charge in [-0.3, -0.25) is 4.79 Å². The molecule has 0 aliphatic carbocycles. The summed E-state index contributed by atoms with van der Waals surface area (Å²) in [4.78, 5) is 12.0. The van der Waals surface area contributed by atoms with Crippen molar-refractivity contribution < 1.29 is 9.52 Å². The van der Waals surface area contributed by atoms with E-state index in [4.69, 9.17) is 26.9 Å². The van der Waals surface area contributed by atoms with E-state index in [1.54, 1.807) is 18.2 Å². The SMILES string of the molecule is Nc1ccc(Cl)c(SCc2cc(=O)c(O)co2)c1. The van der Waals surface area contributed by atoms with Crippen LogP contribution in [0.2, 0.25) is 5.02 Å². The number of hydrogen-bond donors (Lipinski definition) is 2. The molecule has 1 aromatic carbocycles. The maximum absolute atomic E-state index is 11.2. The molecule has 1 aromatic heterocycles. The van der Waals surface area contributed by atoms with Gasteiger partial charge in [-0.05, 0) is 18.2 Å². The molecule has 0 radical (unpaired) electrons. The maximum Gasteiger partial charge on any atom is 0.226 e. The smallest absolute Gasteiger partial charge is 0.226 e. The van der Waals surface area contributed by atoms with Crippen molar-refractivity contribution in [1.82, 2.24) is 0 Å². The van der Waals surface area contributed by atoms with E-state index in [1.807, 2.05) is 0 Å². The van der Waals surface area contributed by atoms with Crippen molar-refractivity contribution in [2.24, 2.45) is 0 Å². The van der Waals surface area contributed by atoms with Gasteiger partial charge in [0.05, 0.1) is 10.8 Å². The molecule has 0 saturated heterocycles. The van der Waals surface area contributed by atoms with Gasteiger partial charge in [-0.25, -0.2) is 0 Å². The fourth-order valence-electron chi connectivity index (χ4n) is 1.30. The molecule has 4 nitrogen and oxygen atoms in total. The highest BCUT2D eigenvalue weighted by Crippen LogP contribution is 2.31. The first-order valence-electron chi connectivity index (χ1n) is 5.05. The number of nitrogen functional groups attached to an aromatic ring is 1. The van der Waals surface area contributed by atoms with Crippen LogP contribution in [0.3, 0.4) is 0 Å². The zero-order valence-corrected chi connectivity index (χ0v) is 10.8. The third kappa shape index (κ3) is 3.00. The highest BCUT2D eigenvalue weighted by molar-refractivity contribution is 7.98. The van der Waals surface area contributed by atoms with E-state index in [2.05, 4.69) is 0 Å². The number of nitrogens with two attached hydrogens (primary N) is 1. The van der Waals surface area contributed by atoms with Crippen molar-refractivity contribution in [3.63, 3.8) is 0 Å². The molecule has 1 heterocycles. The van der Waals surface area contributed by atoms with Gasteiger partial charge in [-0.1, -0.05) is 11.6 Å². The van der Waals surface area contributed by atoms with Crippen LogP contribution in [0.1, 0.15) is 5.76 Å². The summed E-state index contributed by atoms with van der Waals surface area (Å²) in [6.45, 7) is 0. The summed E-state index contributed by atoms with van der Waals surface area (Å²) >= 11 is 7.41. The summed E-state index contributed by atoms with van der Waals surface area (Å²) in [5.41, 5.74) is 5.82. The van der Waals surface area contributed by atoms with Crippen LogP contribution in [-0.2, 0) is 5.75 Å². The number of anilines is 1. The first-order valence-corrected chi connectivity index (χ1v) is 6.41. The van der Waals surface area contributed by atoms with Crippen molar-refractivity contribution in [1.29, 1.82) is 0 Å². The Kier molecular flexibility index (Phi) is 3.84. The van der Waals surface area contributed by atoms with Gasteiger partial charge < -0.3 is 15.3 Å². The van der Waals surface area contributed by atoms with Gasteiger partial charge in [0, 0.05) is 16.6 Å². The van der Waals surface area contributed by atoms with Crippen LogP contribution in [0.4, 0.5) is 5.69 Å². The summed E-state index contributed by atoms with van der Waals surface area (Å²) < 4.78 is 5.09. The molecular weight excluding hydrogens is 274 g/mol.